The maximum absolute atomic E-state index is 13.5. The zero-order valence-corrected chi connectivity index (χ0v) is 16.0. The van der Waals surface area contributed by atoms with Gasteiger partial charge in [-0.3, -0.25) is 0 Å². The summed E-state index contributed by atoms with van der Waals surface area (Å²) in [7, 11) is 0. The van der Waals surface area contributed by atoms with E-state index in [2.05, 4.69) is 39.0 Å². The zero-order valence-electron chi connectivity index (χ0n) is 16.0. The van der Waals surface area contributed by atoms with Crippen LogP contribution in [0.25, 0.3) is 0 Å². The summed E-state index contributed by atoms with van der Waals surface area (Å²) >= 11 is 0. The van der Waals surface area contributed by atoms with E-state index in [1.54, 1.807) is 6.20 Å². The highest BCUT2D eigenvalue weighted by Crippen LogP contribution is 2.17. The molecule has 0 aliphatic heterocycles. The molecule has 0 atom stereocenters. The van der Waals surface area contributed by atoms with Gasteiger partial charge in [0.1, 0.15) is 24.8 Å². The summed E-state index contributed by atoms with van der Waals surface area (Å²) in [5.74, 6) is 0.724. The van der Waals surface area contributed by atoms with Crippen LogP contribution < -0.4 is 15.4 Å². The second-order valence-corrected chi connectivity index (χ2v) is 6.43. The molecule has 0 aliphatic rings. The van der Waals surface area contributed by atoms with E-state index >= 15 is 0 Å². The highest BCUT2D eigenvalue weighted by Gasteiger charge is 2.06. The minimum atomic E-state index is -0.715. The minimum absolute atomic E-state index is 0.0239. The lowest BCUT2D eigenvalue weighted by atomic mass is 10.2. The first kappa shape index (κ1) is 20.7. The molecule has 2 rings (SSSR count). The molecule has 1 aromatic carbocycles. The van der Waals surface area contributed by atoms with Gasteiger partial charge in [-0.05, 0) is 25.0 Å². The number of aliphatic imine (C=N–C) groups is 1. The fourth-order valence-corrected chi connectivity index (χ4v) is 2.47. The first-order valence-electron chi connectivity index (χ1n) is 9.09. The summed E-state index contributed by atoms with van der Waals surface area (Å²) in [5, 5.41) is 6.27. The highest BCUT2D eigenvalue weighted by molar-refractivity contribution is 5.79. The van der Waals surface area contributed by atoms with Gasteiger partial charge in [0.25, 0.3) is 0 Å². The van der Waals surface area contributed by atoms with Gasteiger partial charge < -0.3 is 19.9 Å². The van der Waals surface area contributed by atoms with Crippen LogP contribution in [0, 0.1) is 17.6 Å². The third-order valence-corrected chi connectivity index (χ3v) is 3.63. The lowest BCUT2D eigenvalue weighted by Gasteiger charge is -2.13. The Morgan fingerprint density at radius 2 is 2.11 bits per heavy atom. The maximum atomic E-state index is 13.5. The average Bonchev–Trinajstić information content (AvgIpc) is 3.04. The molecule has 0 aliphatic carbocycles. The topological polar surface area (TPSA) is 63.5 Å². The molecule has 1 heterocycles. The molecule has 0 bridgehead atoms. The SMILES string of the molecule is CCNC(=NCc1nccn1CC(C)C)NCCOc1ccc(F)cc1F. The second kappa shape index (κ2) is 10.5. The molecule has 0 saturated heterocycles. The van der Waals surface area contributed by atoms with Gasteiger partial charge in [-0.25, -0.2) is 18.8 Å². The summed E-state index contributed by atoms with van der Waals surface area (Å²) in [5.41, 5.74) is 0. The Morgan fingerprint density at radius 1 is 1.30 bits per heavy atom. The first-order valence-corrected chi connectivity index (χ1v) is 9.09. The van der Waals surface area contributed by atoms with Crippen molar-refractivity contribution in [2.45, 2.75) is 33.9 Å². The molecule has 8 heteroatoms. The molecule has 2 N–H and O–H groups in total. The largest absolute Gasteiger partial charge is 0.489 e. The van der Waals surface area contributed by atoms with E-state index < -0.39 is 11.6 Å². The van der Waals surface area contributed by atoms with Crippen molar-refractivity contribution in [1.82, 2.24) is 20.2 Å². The van der Waals surface area contributed by atoms with Crippen molar-refractivity contribution in [2.24, 2.45) is 10.9 Å². The standard InChI is InChI=1S/C19H27F2N5O/c1-4-22-19(25-12-18-23-7-9-26(18)13-14(2)3)24-8-10-27-17-6-5-15(20)11-16(17)21/h5-7,9,11,14H,4,8,10,12-13H2,1-3H3,(H2,22,24,25). The number of guanidine groups is 1. The lowest BCUT2D eigenvalue weighted by molar-refractivity contribution is 0.304. The summed E-state index contributed by atoms with van der Waals surface area (Å²) in [6.07, 6.45) is 3.73. The van der Waals surface area contributed by atoms with Crippen molar-refractivity contribution >= 4 is 5.96 Å². The Hall–Kier alpha value is -2.64. The molecule has 0 amide bonds. The van der Waals surface area contributed by atoms with Crippen molar-refractivity contribution in [3.63, 3.8) is 0 Å². The number of aromatic nitrogens is 2. The summed E-state index contributed by atoms with van der Waals surface area (Å²) in [6, 6.07) is 3.24. The van der Waals surface area contributed by atoms with Gasteiger partial charge >= 0.3 is 0 Å². The summed E-state index contributed by atoms with van der Waals surface area (Å²) in [4.78, 5) is 8.89. The van der Waals surface area contributed by atoms with E-state index in [4.69, 9.17) is 4.74 Å². The van der Waals surface area contributed by atoms with Crippen LogP contribution in [0.3, 0.4) is 0 Å². The maximum Gasteiger partial charge on any atom is 0.191 e. The smallest absolute Gasteiger partial charge is 0.191 e. The number of benzene rings is 1. The minimum Gasteiger partial charge on any atom is -0.489 e. The number of nitrogens with zero attached hydrogens (tertiary/aromatic N) is 3. The Kier molecular flexibility index (Phi) is 8.03. The van der Waals surface area contributed by atoms with Gasteiger partial charge in [-0.15, -0.1) is 0 Å². The molecular formula is C19H27F2N5O. The van der Waals surface area contributed by atoms with Crippen LogP contribution in [0.2, 0.25) is 0 Å². The quantitative estimate of drug-likeness (QED) is 0.399. The van der Waals surface area contributed by atoms with E-state index in [1.807, 2.05) is 13.1 Å². The second-order valence-electron chi connectivity index (χ2n) is 6.43. The molecule has 1 aromatic heterocycles. The van der Waals surface area contributed by atoms with Gasteiger partial charge in [0, 0.05) is 31.5 Å². The number of rotatable bonds is 9. The van der Waals surface area contributed by atoms with E-state index in [0.29, 0.717) is 31.5 Å². The predicted octanol–water partition coefficient (Wildman–Crippen LogP) is 2.95. The highest BCUT2D eigenvalue weighted by atomic mass is 19.1. The third-order valence-electron chi connectivity index (χ3n) is 3.63. The molecule has 148 valence electrons. The normalized spacial score (nSPS) is 11.7. The van der Waals surface area contributed by atoms with E-state index in [1.165, 1.54) is 6.07 Å². The third kappa shape index (κ3) is 6.88. The number of hydrogen-bond donors (Lipinski definition) is 2. The monoisotopic (exact) mass is 379 g/mol. The van der Waals surface area contributed by atoms with Crippen LogP contribution in [-0.2, 0) is 13.1 Å². The van der Waals surface area contributed by atoms with Crippen molar-refractivity contribution in [2.75, 3.05) is 19.7 Å². The number of halogens is 2. The van der Waals surface area contributed by atoms with Crippen molar-refractivity contribution < 1.29 is 13.5 Å². The number of nitrogens with one attached hydrogen (secondary N) is 2. The van der Waals surface area contributed by atoms with Crippen LogP contribution in [0.15, 0.2) is 35.6 Å². The Bertz CT molecular complexity index is 745. The van der Waals surface area contributed by atoms with Gasteiger partial charge in [-0.1, -0.05) is 13.8 Å². The van der Waals surface area contributed by atoms with Crippen molar-refractivity contribution in [3.05, 3.63) is 48.1 Å². The Morgan fingerprint density at radius 3 is 2.81 bits per heavy atom. The molecule has 2 aromatic rings. The molecule has 0 spiro atoms. The first-order chi connectivity index (χ1) is 13.0. The molecular weight excluding hydrogens is 352 g/mol. The van der Waals surface area contributed by atoms with E-state index in [-0.39, 0.29) is 12.4 Å². The van der Waals surface area contributed by atoms with E-state index in [0.717, 1.165) is 24.5 Å². The Balaban J connectivity index is 1.85. The van der Waals surface area contributed by atoms with Crippen LogP contribution in [0.5, 0.6) is 5.75 Å². The molecule has 6 nitrogen and oxygen atoms in total. The fraction of sp³-hybridized carbons (Fsp3) is 0.474. The Labute approximate surface area is 158 Å². The number of imidazole rings is 1. The van der Waals surface area contributed by atoms with Crippen LogP contribution in [0.4, 0.5) is 8.78 Å². The van der Waals surface area contributed by atoms with Gasteiger partial charge in [0.15, 0.2) is 17.5 Å². The van der Waals surface area contributed by atoms with Crippen LogP contribution in [0.1, 0.15) is 26.6 Å². The molecule has 0 saturated carbocycles. The van der Waals surface area contributed by atoms with Crippen molar-refractivity contribution in [1.29, 1.82) is 0 Å². The zero-order chi connectivity index (χ0) is 19.6. The van der Waals surface area contributed by atoms with E-state index in [9.17, 15) is 8.78 Å². The average molecular weight is 379 g/mol. The molecule has 0 radical (unpaired) electrons. The van der Waals surface area contributed by atoms with Gasteiger partial charge in [0.2, 0.25) is 0 Å². The van der Waals surface area contributed by atoms with Crippen molar-refractivity contribution in [3.8, 4) is 5.75 Å². The van der Waals surface area contributed by atoms with Gasteiger partial charge in [0.05, 0.1) is 6.54 Å². The summed E-state index contributed by atoms with van der Waals surface area (Å²) < 4.78 is 33.8. The number of hydrogen-bond acceptors (Lipinski definition) is 3. The fourth-order valence-electron chi connectivity index (χ4n) is 2.47. The summed E-state index contributed by atoms with van der Waals surface area (Å²) in [6.45, 7) is 8.97. The predicted molar refractivity (Wildman–Crippen MR) is 102 cm³/mol. The van der Waals surface area contributed by atoms with Gasteiger partial charge in [-0.2, -0.15) is 0 Å². The van der Waals surface area contributed by atoms with Crippen LogP contribution in [-0.4, -0.2) is 35.2 Å². The molecule has 0 unspecified atom stereocenters. The number of ether oxygens (including phenoxy) is 1. The van der Waals surface area contributed by atoms with Crippen LogP contribution >= 0.6 is 0 Å². The lowest BCUT2D eigenvalue weighted by Crippen LogP contribution is -2.39. The molecule has 27 heavy (non-hydrogen) atoms. The molecule has 0 fully saturated rings.